The summed E-state index contributed by atoms with van der Waals surface area (Å²) < 4.78 is 20.1. The number of nitrogens with two attached hydrogens (primary N) is 1. The molecule has 0 saturated carbocycles. The zero-order chi connectivity index (χ0) is 14.0. The van der Waals surface area contributed by atoms with E-state index >= 15 is 0 Å². The molecular weight excluding hydrogens is 377 g/mol. The fourth-order valence-electron chi connectivity index (χ4n) is 1.81. The summed E-state index contributed by atoms with van der Waals surface area (Å²) in [5.41, 5.74) is 7.78. The maximum atomic E-state index is 13.3. The van der Waals surface area contributed by atoms with Crippen molar-refractivity contribution >= 4 is 31.9 Å². The minimum Gasteiger partial charge on any atom is -0.497 e. The van der Waals surface area contributed by atoms with Crippen molar-refractivity contribution in [1.29, 1.82) is 0 Å². The van der Waals surface area contributed by atoms with Crippen molar-refractivity contribution in [2.24, 2.45) is 5.73 Å². The lowest BCUT2D eigenvalue weighted by Gasteiger charge is -2.16. The smallest absolute Gasteiger partial charge is 0.123 e. The second kappa shape index (κ2) is 6.03. The van der Waals surface area contributed by atoms with Crippen LogP contribution in [0.15, 0.2) is 45.3 Å². The first-order valence-electron chi connectivity index (χ1n) is 5.57. The van der Waals surface area contributed by atoms with Crippen LogP contribution in [0.5, 0.6) is 5.75 Å². The predicted octanol–water partition coefficient (Wildman–Crippen LogP) is 4.41. The van der Waals surface area contributed by atoms with E-state index in [1.165, 1.54) is 12.1 Å². The number of hydrogen-bond acceptors (Lipinski definition) is 2. The van der Waals surface area contributed by atoms with Crippen molar-refractivity contribution in [2.75, 3.05) is 7.11 Å². The van der Waals surface area contributed by atoms with E-state index in [-0.39, 0.29) is 5.82 Å². The van der Waals surface area contributed by atoms with Gasteiger partial charge in [0.05, 0.1) is 13.2 Å². The number of ether oxygens (including phenoxy) is 1. The fraction of sp³-hybridized carbons (Fsp3) is 0.143. The molecule has 1 atom stereocenters. The molecule has 2 rings (SSSR count). The molecular formula is C14H12Br2FNO. The number of benzene rings is 2. The molecule has 0 saturated heterocycles. The highest BCUT2D eigenvalue weighted by molar-refractivity contribution is 9.10. The normalized spacial score (nSPS) is 12.3. The molecule has 5 heteroatoms. The van der Waals surface area contributed by atoms with Gasteiger partial charge < -0.3 is 10.5 Å². The molecule has 100 valence electrons. The van der Waals surface area contributed by atoms with Crippen LogP contribution in [-0.2, 0) is 0 Å². The molecule has 2 nitrogen and oxygen atoms in total. The second-order valence-corrected chi connectivity index (χ2v) is 5.74. The van der Waals surface area contributed by atoms with Crippen LogP contribution in [0, 0.1) is 5.82 Å². The SMILES string of the molecule is COc1ccc(C(N)c2cc(F)ccc2Br)c(Br)c1. The van der Waals surface area contributed by atoms with Crippen LogP contribution in [-0.4, -0.2) is 7.11 Å². The van der Waals surface area contributed by atoms with E-state index in [0.717, 1.165) is 20.3 Å². The van der Waals surface area contributed by atoms with Gasteiger partial charge in [0, 0.05) is 8.95 Å². The van der Waals surface area contributed by atoms with Gasteiger partial charge in [-0.15, -0.1) is 0 Å². The molecule has 0 amide bonds. The molecule has 2 N–H and O–H groups in total. The highest BCUT2D eigenvalue weighted by Crippen LogP contribution is 2.33. The van der Waals surface area contributed by atoms with Crippen LogP contribution in [0.4, 0.5) is 4.39 Å². The largest absolute Gasteiger partial charge is 0.497 e. The molecule has 19 heavy (non-hydrogen) atoms. The Hall–Kier alpha value is -0.910. The zero-order valence-corrected chi connectivity index (χ0v) is 13.3. The minimum atomic E-state index is -0.426. The molecule has 0 aliphatic heterocycles. The lowest BCUT2D eigenvalue weighted by molar-refractivity contribution is 0.414. The average molecular weight is 389 g/mol. The summed E-state index contributed by atoms with van der Waals surface area (Å²) in [7, 11) is 1.60. The Bertz CT molecular complexity index is 604. The zero-order valence-electron chi connectivity index (χ0n) is 10.2. The van der Waals surface area contributed by atoms with Crippen LogP contribution in [0.2, 0.25) is 0 Å². The molecule has 2 aromatic rings. The summed E-state index contributed by atoms with van der Waals surface area (Å²) in [5, 5.41) is 0. The summed E-state index contributed by atoms with van der Waals surface area (Å²) in [6, 6.07) is 9.59. The lowest BCUT2D eigenvalue weighted by Crippen LogP contribution is -2.13. The fourth-order valence-corrected chi connectivity index (χ4v) is 2.91. The summed E-state index contributed by atoms with van der Waals surface area (Å²) >= 11 is 6.85. The Balaban J connectivity index is 2.43. The van der Waals surface area contributed by atoms with E-state index in [9.17, 15) is 4.39 Å². The lowest BCUT2D eigenvalue weighted by atomic mass is 9.99. The minimum absolute atomic E-state index is 0.307. The van der Waals surface area contributed by atoms with Crippen LogP contribution in [0.3, 0.4) is 0 Å². The van der Waals surface area contributed by atoms with Gasteiger partial charge in [0.1, 0.15) is 11.6 Å². The number of hydrogen-bond donors (Lipinski definition) is 1. The van der Waals surface area contributed by atoms with E-state index in [1.54, 1.807) is 13.2 Å². The summed E-state index contributed by atoms with van der Waals surface area (Å²) in [6.07, 6.45) is 0. The van der Waals surface area contributed by atoms with E-state index in [2.05, 4.69) is 31.9 Å². The Labute approximate surface area is 128 Å². The maximum Gasteiger partial charge on any atom is 0.123 e. The van der Waals surface area contributed by atoms with Crippen LogP contribution < -0.4 is 10.5 Å². The Kier molecular flexibility index (Phi) is 4.60. The van der Waals surface area contributed by atoms with Crippen molar-refractivity contribution in [3.05, 3.63) is 62.3 Å². The van der Waals surface area contributed by atoms with Crippen LogP contribution in [0.25, 0.3) is 0 Å². The van der Waals surface area contributed by atoms with Crippen LogP contribution in [0.1, 0.15) is 17.2 Å². The molecule has 0 aliphatic rings. The molecule has 0 aliphatic carbocycles. The van der Waals surface area contributed by atoms with Crippen molar-refractivity contribution in [1.82, 2.24) is 0 Å². The third-order valence-electron chi connectivity index (χ3n) is 2.84. The van der Waals surface area contributed by atoms with E-state index in [0.29, 0.717) is 5.56 Å². The predicted molar refractivity (Wildman–Crippen MR) is 80.8 cm³/mol. The standard InChI is InChI=1S/C14H12Br2FNO/c1-19-9-3-4-10(13(16)7-9)14(18)11-6-8(17)2-5-12(11)15/h2-7,14H,18H2,1H3. The maximum absolute atomic E-state index is 13.3. The summed E-state index contributed by atoms with van der Waals surface area (Å²) in [6.45, 7) is 0. The van der Waals surface area contributed by atoms with Crippen molar-refractivity contribution < 1.29 is 9.13 Å². The molecule has 0 spiro atoms. The Morgan fingerprint density at radius 3 is 2.42 bits per heavy atom. The van der Waals surface area contributed by atoms with Gasteiger partial charge in [-0.25, -0.2) is 4.39 Å². The molecule has 0 bridgehead atoms. The van der Waals surface area contributed by atoms with Gasteiger partial charge >= 0.3 is 0 Å². The highest BCUT2D eigenvalue weighted by Gasteiger charge is 2.16. The van der Waals surface area contributed by atoms with Crippen LogP contribution >= 0.6 is 31.9 Å². The molecule has 0 heterocycles. The van der Waals surface area contributed by atoms with Crippen molar-refractivity contribution in [3.63, 3.8) is 0 Å². The Morgan fingerprint density at radius 1 is 1.05 bits per heavy atom. The van der Waals surface area contributed by atoms with E-state index in [4.69, 9.17) is 10.5 Å². The highest BCUT2D eigenvalue weighted by atomic mass is 79.9. The third kappa shape index (κ3) is 3.16. The van der Waals surface area contributed by atoms with Gasteiger partial charge in [-0.1, -0.05) is 37.9 Å². The van der Waals surface area contributed by atoms with Gasteiger partial charge in [-0.2, -0.15) is 0 Å². The average Bonchev–Trinajstić information content (AvgIpc) is 2.40. The van der Waals surface area contributed by atoms with E-state index in [1.807, 2.05) is 18.2 Å². The van der Waals surface area contributed by atoms with Gasteiger partial charge in [-0.05, 0) is 41.5 Å². The summed E-state index contributed by atoms with van der Waals surface area (Å²) in [4.78, 5) is 0. The summed E-state index contributed by atoms with van der Waals surface area (Å²) in [5.74, 6) is 0.430. The van der Waals surface area contributed by atoms with Crippen molar-refractivity contribution in [3.8, 4) is 5.75 Å². The van der Waals surface area contributed by atoms with Gasteiger partial charge in [0.25, 0.3) is 0 Å². The number of methoxy groups -OCH3 is 1. The first kappa shape index (κ1) is 14.5. The molecule has 0 radical (unpaired) electrons. The van der Waals surface area contributed by atoms with Gasteiger partial charge in [0.15, 0.2) is 0 Å². The third-order valence-corrected chi connectivity index (χ3v) is 4.24. The quantitative estimate of drug-likeness (QED) is 0.845. The first-order valence-corrected chi connectivity index (χ1v) is 7.15. The van der Waals surface area contributed by atoms with Gasteiger partial charge in [0.2, 0.25) is 0 Å². The second-order valence-electron chi connectivity index (χ2n) is 4.03. The number of rotatable bonds is 3. The van der Waals surface area contributed by atoms with Gasteiger partial charge in [-0.3, -0.25) is 0 Å². The van der Waals surface area contributed by atoms with Crippen molar-refractivity contribution in [2.45, 2.75) is 6.04 Å². The molecule has 2 aromatic carbocycles. The number of halogens is 3. The molecule has 1 unspecified atom stereocenters. The molecule has 0 fully saturated rings. The van der Waals surface area contributed by atoms with E-state index < -0.39 is 6.04 Å². The first-order chi connectivity index (χ1) is 9.02. The Morgan fingerprint density at radius 2 is 1.79 bits per heavy atom. The topological polar surface area (TPSA) is 35.2 Å². The monoisotopic (exact) mass is 387 g/mol. The molecule has 0 aromatic heterocycles.